The second kappa shape index (κ2) is 4.57. The standard InChI is InChI=1S/C10H14ClN5/c1-15-4-5-16(10(15)14-12)7-8-2-3-9(11)13-6-8/h2-3,6H,4-5,7,12H2,1H3. The zero-order chi connectivity index (χ0) is 11.5. The Balaban J connectivity index is 2.08. The van der Waals surface area contributed by atoms with Gasteiger partial charge in [-0.25, -0.2) is 4.98 Å². The van der Waals surface area contributed by atoms with Crippen LogP contribution >= 0.6 is 11.6 Å². The molecule has 5 nitrogen and oxygen atoms in total. The Labute approximate surface area is 99.5 Å². The molecule has 0 spiro atoms. The van der Waals surface area contributed by atoms with Crippen LogP contribution in [0.15, 0.2) is 23.4 Å². The van der Waals surface area contributed by atoms with Gasteiger partial charge in [0.2, 0.25) is 5.96 Å². The predicted octanol–water partition coefficient (Wildman–Crippen LogP) is 0.712. The summed E-state index contributed by atoms with van der Waals surface area (Å²) in [5.74, 6) is 6.18. The highest BCUT2D eigenvalue weighted by atomic mass is 35.5. The fourth-order valence-corrected chi connectivity index (χ4v) is 1.87. The molecule has 1 aliphatic heterocycles. The van der Waals surface area contributed by atoms with Crippen LogP contribution in [0.4, 0.5) is 0 Å². The van der Waals surface area contributed by atoms with E-state index in [1.165, 1.54) is 0 Å². The molecule has 6 heteroatoms. The van der Waals surface area contributed by atoms with Crippen LogP contribution in [0.3, 0.4) is 0 Å². The van der Waals surface area contributed by atoms with Gasteiger partial charge < -0.3 is 15.6 Å². The quantitative estimate of drug-likeness (QED) is 0.469. The van der Waals surface area contributed by atoms with Gasteiger partial charge in [-0.2, -0.15) is 0 Å². The summed E-state index contributed by atoms with van der Waals surface area (Å²) in [6, 6.07) is 3.75. The van der Waals surface area contributed by atoms with Crippen molar-refractivity contribution in [2.24, 2.45) is 10.9 Å². The Morgan fingerprint density at radius 2 is 2.31 bits per heavy atom. The van der Waals surface area contributed by atoms with E-state index in [0.29, 0.717) is 5.15 Å². The van der Waals surface area contributed by atoms with Crippen molar-refractivity contribution in [3.63, 3.8) is 0 Å². The first-order valence-electron chi connectivity index (χ1n) is 5.05. The van der Waals surface area contributed by atoms with Gasteiger partial charge >= 0.3 is 0 Å². The molecular formula is C10H14ClN5. The minimum Gasteiger partial charge on any atom is -0.343 e. The Hall–Kier alpha value is -1.49. The highest BCUT2D eigenvalue weighted by Gasteiger charge is 2.23. The SMILES string of the molecule is CN1CCN(Cc2ccc(Cl)nc2)C1=NN. The number of hydrazone groups is 1. The van der Waals surface area contributed by atoms with Crippen molar-refractivity contribution in [3.8, 4) is 0 Å². The van der Waals surface area contributed by atoms with Crippen LogP contribution in [-0.2, 0) is 6.54 Å². The van der Waals surface area contributed by atoms with E-state index in [2.05, 4.69) is 15.0 Å². The number of likely N-dealkylation sites (N-methyl/N-ethyl adjacent to an activating group) is 1. The van der Waals surface area contributed by atoms with Gasteiger partial charge in [-0.15, -0.1) is 5.10 Å². The topological polar surface area (TPSA) is 57.8 Å². The molecule has 1 saturated heterocycles. The average molecular weight is 240 g/mol. The highest BCUT2D eigenvalue weighted by molar-refractivity contribution is 6.29. The maximum atomic E-state index is 5.73. The van der Waals surface area contributed by atoms with Crippen LogP contribution in [0.25, 0.3) is 0 Å². The number of halogens is 1. The number of nitrogens with zero attached hydrogens (tertiary/aromatic N) is 4. The zero-order valence-corrected chi connectivity index (χ0v) is 9.85. The Bertz CT molecular complexity index is 389. The minimum absolute atomic E-state index is 0.509. The number of nitrogens with two attached hydrogens (primary N) is 1. The summed E-state index contributed by atoms with van der Waals surface area (Å²) in [5.41, 5.74) is 1.10. The second-order valence-corrected chi connectivity index (χ2v) is 4.15. The van der Waals surface area contributed by atoms with Gasteiger partial charge in [0.1, 0.15) is 5.15 Å². The lowest BCUT2D eigenvalue weighted by Gasteiger charge is -2.19. The van der Waals surface area contributed by atoms with Crippen molar-refractivity contribution in [2.75, 3.05) is 20.1 Å². The Kier molecular flexibility index (Phi) is 3.14. The van der Waals surface area contributed by atoms with E-state index in [1.54, 1.807) is 12.3 Å². The summed E-state index contributed by atoms with van der Waals surface area (Å²) < 4.78 is 0. The smallest absolute Gasteiger partial charge is 0.218 e. The van der Waals surface area contributed by atoms with E-state index in [1.807, 2.05) is 18.0 Å². The summed E-state index contributed by atoms with van der Waals surface area (Å²) in [7, 11) is 1.98. The van der Waals surface area contributed by atoms with Crippen molar-refractivity contribution < 1.29 is 0 Å². The summed E-state index contributed by atoms with van der Waals surface area (Å²) >= 11 is 5.73. The molecule has 0 aliphatic carbocycles. The molecular weight excluding hydrogens is 226 g/mol. The molecule has 2 N–H and O–H groups in total. The van der Waals surface area contributed by atoms with Gasteiger partial charge in [0.05, 0.1) is 0 Å². The van der Waals surface area contributed by atoms with Crippen molar-refractivity contribution in [3.05, 3.63) is 29.0 Å². The fourth-order valence-electron chi connectivity index (χ4n) is 1.76. The molecule has 16 heavy (non-hydrogen) atoms. The number of hydrogen-bond acceptors (Lipinski definition) is 3. The summed E-state index contributed by atoms with van der Waals surface area (Å²) in [6.45, 7) is 2.62. The number of guanidine groups is 1. The number of hydrogen-bond donors (Lipinski definition) is 1. The van der Waals surface area contributed by atoms with Crippen molar-refractivity contribution in [1.82, 2.24) is 14.8 Å². The van der Waals surface area contributed by atoms with E-state index < -0.39 is 0 Å². The van der Waals surface area contributed by atoms with Crippen LogP contribution in [0.2, 0.25) is 5.15 Å². The molecule has 1 aliphatic rings. The van der Waals surface area contributed by atoms with Gasteiger partial charge in [0.25, 0.3) is 0 Å². The van der Waals surface area contributed by atoms with E-state index in [9.17, 15) is 0 Å². The molecule has 0 aromatic carbocycles. The normalized spacial score (nSPS) is 18.5. The third-order valence-corrected chi connectivity index (χ3v) is 2.83. The van der Waals surface area contributed by atoms with Crippen molar-refractivity contribution in [2.45, 2.75) is 6.54 Å². The van der Waals surface area contributed by atoms with Crippen LogP contribution in [0.1, 0.15) is 5.56 Å². The Morgan fingerprint density at radius 3 is 2.94 bits per heavy atom. The summed E-state index contributed by atoms with van der Waals surface area (Å²) in [4.78, 5) is 8.19. The maximum Gasteiger partial charge on any atom is 0.218 e. The minimum atomic E-state index is 0.509. The molecule has 2 heterocycles. The maximum absolute atomic E-state index is 5.73. The van der Waals surface area contributed by atoms with Gasteiger partial charge in [-0.1, -0.05) is 17.7 Å². The molecule has 1 fully saturated rings. The Morgan fingerprint density at radius 1 is 1.50 bits per heavy atom. The van der Waals surface area contributed by atoms with Crippen molar-refractivity contribution >= 4 is 17.6 Å². The largest absolute Gasteiger partial charge is 0.343 e. The lowest BCUT2D eigenvalue weighted by atomic mass is 10.3. The zero-order valence-electron chi connectivity index (χ0n) is 9.10. The van der Waals surface area contributed by atoms with E-state index in [0.717, 1.165) is 31.2 Å². The molecule has 0 atom stereocenters. The molecule has 0 radical (unpaired) electrons. The monoisotopic (exact) mass is 239 g/mol. The third kappa shape index (κ3) is 2.19. The van der Waals surface area contributed by atoms with E-state index in [-0.39, 0.29) is 0 Å². The fraction of sp³-hybridized carbons (Fsp3) is 0.400. The van der Waals surface area contributed by atoms with E-state index in [4.69, 9.17) is 17.4 Å². The van der Waals surface area contributed by atoms with Gasteiger partial charge in [-0.05, 0) is 11.6 Å². The molecule has 0 bridgehead atoms. The number of aromatic nitrogens is 1. The lowest BCUT2D eigenvalue weighted by Crippen LogP contribution is -2.32. The first-order valence-corrected chi connectivity index (χ1v) is 5.43. The van der Waals surface area contributed by atoms with Crippen molar-refractivity contribution in [1.29, 1.82) is 0 Å². The number of rotatable bonds is 2. The molecule has 1 aromatic heterocycles. The lowest BCUT2D eigenvalue weighted by molar-refractivity contribution is 0.455. The molecule has 0 saturated carbocycles. The molecule has 1 aromatic rings. The van der Waals surface area contributed by atoms with Crippen LogP contribution in [-0.4, -0.2) is 40.9 Å². The average Bonchev–Trinajstić information content (AvgIpc) is 2.63. The molecule has 86 valence electrons. The summed E-state index contributed by atoms with van der Waals surface area (Å²) in [6.07, 6.45) is 1.77. The first kappa shape index (κ1) is 11.0. The van der Waals surface area contributed by atoms with Crippen LogP contribution in [0.5, 0.6) is 0 Å². The summed E-state index contributed by atoms with van der Waals surface area (Å²) in [5, 5.41) is 4.29. The predicted molar refractivity (Wildman–Crippen MR) is 63.9 cm³/mol. The van der Waals surface area contributed by atoms with Gasteiger partial charge in [0.15, 0.2) is 0 Å². The number of pyridine rings is 1. The van der Waals surface area contributed by atoms with Gasteiger partial charge in [-0.3, -0.25) is 0 Å². The third-order valence-electron chi connectivity index (χ3n) is 2.61. The molecule has 0 unspecified atom stereocenters. The first-order chi connectivity index (χ1) is 7.70. The molecule has 0 amide bonds. The van der Waals surface area contributed by atoms with Crippen LogP contribution in [0, 0.1) is 0 Å². The van der Waals surface area contributed by atoms with Gasteiger partial charge in [0, 0.05) is 32.9 Å². The second-order valence-electron chi connectivity index (χ2n) is 3.76. The highest BCUT2D eigenvalue weighted by Crippen LogP contribution is 2.12. The van der Waals surface area contributed by atoms with E-state index >= 15 is 0 Å². The molecule has 2 rings (SSSR count). The van der Waals surface area contributed by atoms with Crippen LogP contribution < -0.4 is 5.84 Å².